The molecule has 3 aliphatic rings. The van der Waals surface area contributed by atoms with Crippen molar-refractivity contribution in [2.45, 2.75) is 76.8 Å². The predicted molar refractivity (Wildman–Crippen MR) is 94.0 cm³/mol. The van der Waals surface area contributed by atoms with Gasteiger partial charge in [0.15, 0.2) is 0 Å². The Morgan fingerprint density at radius 1 is 1.36 bits per heavy atom. The van der Waals surface area contributed by atoms with Crippen LogP contribution in [0.15, 0.2) is 12.2 Å². The van der Waals surface area contributed by atoms with Crippen molar-refractivity contribution in [3.8, 4) is 0 Å². The van der Waals surface area contributed by atoms with E-state index in [4.69, 9.17) is 4.74 Å². The Labute approximate surface area is 150 Å². The predicted octanol–water partition coefficient (Wildman–Crippen LogP) is 2.61. The smallest absolute Gasteiger partial charge is 0.309 e. The van der Waals surface area contributed by atoms with Crippen LogP contribution in [0.2, 0.25) is 0 Å². The molecule has 1 heterocycles. The zero-order chi connectivity index (χ0) is 18.5. The third-order valence-corrected chi connectivity index (χ3v) is 6.97. The molecule has 5 nitrogen and oxygen atoms in total. The molecule has 0 aromatic rings. The summed E-state index contributed by atoms with van der Waals surface area (Å²) < 4.78 is 6.30. The van der Waals surface area contributed by atoms with E-state index in [1.54, 1.807) is 6.92 Å². The van der Waals surface area contributed by atoms with Gasteiger partial charge in [0.1, 0.15) is 0 Å². The maximum absolute atomic E-state index is 11.9. The van der Waals surface area contributed by atoms with Crippen LogP contribution in [0.3, 0.4) is 0 Å². The summed E-state index contributed by atoms with van der Waals surface area (Å²) in [5.74, 6) is -1.89. The summed E-state index contributed by atoms with van der Waals surface area (Å²) in [6.07, 6.45) is 2.29. The maximum Gasteiger partial charge on any atom is 0.309 e. The van der Waals surface area contributed by atoms with Gasteiger partial charge in [0.2, 0.25) is 0 Å². The molecule has 3 fully saturated rings. The molecule has 142 valence electrons. The minimum Gasteiger partial charge on any atom is -0.481 e. The van der Waals surface area contributed by atoms with Gasteiger partial charge in [-0.05, 0) is 51.4 Å². The third kappa shape index (κ3) is 3.04. The van der Waals surface area contributed by atoms with Crippen LogP contribution in [-0.2, 0) is 9.53 Å². The van der Waals surface area contributed by atoms with Gasteiger partial charge in [-0.1, -0.05) is 25.5 Å². The SMILES string of the molecule is C=C(C)[C@@H]1CC[C@](C)(O)[C@H]2OC3CC(CCC)C(C(=O)O)C(O)C3[C@@H]12. The Hall–Kier alpha value is -0.910. The Morgan fingerprint density at radius 3 is 2.60 bits per heavy atom. The summed E-state index contributed by atoms with van der Waals surface area (Å²) in [6, 6.07) is 0. The fraction of sp³-hybridized carbons (Fsp3) is 0.850. The van der Waals surface area contributed by atoms with E-state index in [-0.39, 0.29) is 35.9 Å². The molecular formula is C20H32O5. The van der Waals surface area contributed by atoms with Crippen molar-refractivity contribution < 1.29 is 24.9 Å². The molecule has 1 saturated heterocycles. The molecule has 2 aliphatic carbocycles. The number of carboxylic acids is 1. The third-order valence-electron chi connectivity index (χ3n) is 6.97. The number of carbonyl (C=O) groups is 1. The monoisotopic (exact) mass is 352 g/mol. The molecule has 0 radical (unpaired) electrons. The molecule has 0 spiro atoms. The van der Waals surface area contributed by atoms with Crippen LogP contribution in [-0.4, -0.2) is 45.2 Å². The first-order chi connectivity index (χ1) is 11.7. The lowest BCUT2D eigenvalue weighted by Gasteiger charge is -2.46. The number of aliphatic carboxylic acids is 1. The van der Waals surface area contributed by atoms with Gasteiger partial charge in [-0.3, -0.25) is 4.79 Å². The van der Waals surface area contributed by atoms with Crippen molar-refractivity contribution in [1.29, 1.82) is 0 Å². The zero-order valence-electron chi connectivity index (χ0n) is 15.5. The standard InChI is InChI=1S/C20H32O5/c1-5-6-11-9-13-16(17(21)14(11)19(22)23)15-12(10(2)3)7-8-20(4,24)18(15)25-13/h11-18,21,24H,2,5-9H2,1,3-4H3,(H,22,23)/t11?,12-,13?,14?,15+,16?,17?,18-,20-/m0/s1. The summed E-state index contributed by atoms with van der Waals surface area (Å²) in [6.45, 7) is 9.94. The van der Waals surface area contributed by atoms with Crippen molar-refractivity contribution in [3.63, 3.8) is 0 Å². The van der Waals surface area contributed by atoms with E-state index in [0.717, 1.165) is 24.8 Å². The molecule has 0 aromatic carbocycles. The highest BCUT2D eigenvalue weighted by molar-refractivity contribution is 5.71. The number of hydrogen-bond donors (Lipinski definition) is 3. The van der Waals surface area contributed by atoms with Gasteiger partial charge in [-0.15, -0.1) is 0 Å². The molecule has 9 atom stereocenters. The Balaban J connectivity index is 1.97. The largest absolute Gasteiger partial charge is 0.481 e. The lowest BCUT2D eigenvalue weighted by molar-refractivity contribution is -0.159. The number of allylic oxidation sites excluding steroid dienone is 1. The van der Waals surface area contributed by atoms with Gasteiger partial charge in [0.25, 0.3) is 0 Å². The maximum atomic E-state index is 11.9. The Bertz CT molecular complexity index is 542. The van der Waals surface area contributed by atoms with Gasteiger partial charge in [0, 0.05) is 11.8 Å². The lowest BCUT2D eigenvalue weighted by atomic mass is 9.58. The Kier molecular flexibility index (Phi) is 5.04. The molecule has 2 saturated carbocycles. The van der Waals surface area contributed by atoms with Crippen molar-refractivity contribution in [1.82, 2.24) is 0 Å². The summed E-state index contributed by atoms with van der Waals surface area (Å²) in [7, 11) is 0. The number of fused-ring (bicyclic) bond motifs is 3. The van der Waals surface area contributed by atoms with E-state index in [0.29, 0.717) is 12.8 Å². The molecule has 0 aromatic heterocycles. The summed E-state index contributed by atoms with van der Waals surface area (Å²) in [5.41, 5.74) is 0.0941. The van der Waals surface area contributed by atoms with Crippen LogP contribution in [0.4, 0.5) is 0 Å². The van der Waals surface area contributed by atoms with Crippen LogP contribution in [0.25, 0.3) is 0 Å². The van der Waals surface area contributed by atoms with E-state index in [1.165, 1.54) is 0 Å². The first-order valence-corrected chi connectivity index (χ1v) is 9.63. The van der Waals surface area contributed by atoms with E-state index >= 15 is 0 Å². The average molecular weight is 352 g/mol. The quantitative estimate of drug-likeness (QED) is 0.677. The Morgan fingerprint density at radius 2 is 2.04 bits per heavy atom. The van der Waals surface area contributed by atoms with E-state index in [9.17, 15) is 20.1 Å². The van der Waals surface area contributed by atoms with Crippen molar-refractivity contribution in [2.75, 3.05) is 0 Å². The lowest BCUT2D eigenvalue weighted by Crippen LogP contribution is -2.54. The van der Waals surface area contributed by atoms with Crippen LogP contribution in [0.1, 0.15) is 52.9 Å². The molecule has 0 amide bonds. The molecule has 5 heteroatoms. The van der Waals surface area contributed by atoms with Crippen molar-refractivity contribution in [2.24, 2.45) is 29.6 Å². The number of hydrogen-bond acceptors (Lipinski definition) is 4. The van der Waals surface area contributed by atoms with Gasteiger partial charge < -0.3 is 20.1 Å². The fourth-order valence-electron chi connectivity index (χ4n) is 5.86. The molecule has 25 heavy (non-hydrogen) atoms. The first-order valence-electron chi connectivity index (χ1n) is 9.63. The van der Waals surface area contributed by atoms with Crippen LogP contribution in [0, 0.1) is 29.6 Å². The highest BCUT2D eigenvalue weighted by atomic mass is 16.5. The summed E-state index contributed by atoms with van der Waals surface area (Å²) in [5, 5.41) is 31.6. The van der Waals surface area contributed by atoms with Gasteiger partial charge in [0.05, 0.1) is 29.8 Å². The van der Waals surface area contributed by atoms with Gasteiger partial charge in [-0.2, -0.15) is 0 Å². The topological polar surface area (TPSA) is 87.0 Å². The minimum absolute atomic E-state index is 0.0642. The minimum atomic E-state index is -0.938. The number of carboxylic acid groups (broad SMARTS) is 1. The van der Waals surface area contributed by atoms with Crippen LogP contribution >= 0.6 is 0 Å². The number of rotatable bonds is 4. The van der Waals surface area contributed by atoms with Crippen LogP contribution in [0.5, 0.6) is 0 Å². The molecule has 3 N–H and O–H groups in total. The average Bonchev–Trinajstić information content (AvgIpc) is 2.88. The molecule has 5 unspecified atom stereocenters. The van der Waals surface area contributed by atoms with Crippen molar-refractivity contribution >= 4 is 5.97 Å². The second kappa shape index (κ2) is 6.67. The second-order valence-electron chi connectivity index (χ2n) is 8.74. The van der Waals surface area contributed by atoms with Crippen LogP contribution < -0.4 is 0 Å². The molecular weight excluding hydrogens is 320 g/mol. The number of aliphatic hydroxyl groups is 2. The highest BCUT2D eigenvalue weighted by Crippen LogP contribution is 2.56. The molecule has 3 rings (SSSR count). The summed E-state index contributed by atoms with van der Waals surface area (Å²) in [4.78, 5) is 11.9. The number of aliphatic hydroxyl groups excluding tert-OH is 1. The molecule has 1 aliphatic heterocycles. The number of ether oxygens (including phenoxy) is 1. The van der Waals surface area contributed by atoms with Crippen molar-refractivity contribution in [3.05, 3.63) is 12.2 Å². The summed E-state index contributed by atoms with van der Waals surface area (Å²) >= 11 is 0. The van der Waals surface area contributed by atoms with Gasteiger partial charge in [-0.25, -0.2) is 0 Å². The zero-order valence-corrected chi connectivity index (χ0v) is 15.5. The van der Waals surface area contributed by atoms with E-state index < -0.39 is 23.6 Å². The molecule has 0 bridgehead atoms. The van der Waals surface area contributed by atoms with E-state index in [2.05, 4.69) is 6.58 Å². The van der Waals surface area contributed by atoms with Gasteiger partial charge >= 0.3 is 5.97 Å². The fourth-order valence-corrected chi connectivity index (χ4v) is 5.86. The second-order valence-corrected chi connectivity index (χ2v) is 8.74. The normalized spacial score (nSPS) is 49.3. The highest BCUT2D eigenvalue weighted by Gasteiger charge is 2.62. The first kappa shape index (κ1) is 18.9. The van der Waals surface area contributed by atoms with E-state index in [1.807, 2.05) is 13.8 Å².